The van der Waals surface area contributed by atoms with Crippen LogP contribution < -0.4 is 5.84 Å². The maximum atomic E-state index is 8.33. The van der Waals surface area contributed by atoms with E-state index in [0.29, 0.717) is 0 Å². The van der Waals surface area contributed by atoms with Gasteiger partial charge in [0.1, 0.15) is 0 Å². The molecule has 4 nitrogen and oxygen atoms in total. The fourth-order valence-corrected chi connectivity index (χ4v) is 0.906. The molecule has 2 rings (SSSR count). The molecule has 0 amide bonds. The maximum absolute atomic E-state index is 8.33. The predicted octanol–water partition coefficient (Wildman–Crippen LogP) is 1.40. The SMILES string of the molecule is NN=O.b1occ2ccccc12. The molecule has 2 aromatic rings. The van der Waals surface area contributed by atoms with Crippen molar-refractivity contribution in [3.8, 4) is 0 Å². The second-order valence-electron chi connectivity index (χ2n) is 2.11. The quantitative estimate of drug-likeness (QED) is 0.361. The van der Waals surface area contributed by atoms with Crippen molar-refractivity contribution >= 4 is 17.8 Å². The molecule has 1 heterocycles. The molecule has 5 heteroatoms. The van der Waals surface area contributed by atoms with Crippen molar-refractivity contribution in [2.75, 3.05) is 0 Å². The van der Waals surface area contributed by atoms with Crippen molar-refractivity contribution in [1.29, 1.82) is 0 Å². The van der Waals surface area contributed by atoms with E-state index in [1.54, 1.807) is 18.7 Å². The van der Waals surface area contributed by atoms with E-state index in [9.17, 15) is 0 Å². The molecule has 12 heavy (non-hydrogen) atoms. The Hall–Kier alpha value is -1.65. The molecule has 0 fully saturated rings. The van der Waals surface area contributed by atoms with Crippen LogP contribution in [-0.2, 0) is 0 Å². The van der Waals surface area contributed by atoms with Crippen LogP contribution in [0.1, 0.15) is 0 Å². The molecule has 0 aliphatic heterocycles. The standard InChI is InChI=1S/C7H5BO.H2N2O/c1-2-4-7-6(3-1)5-9-8-7;1-2-3/h1-5H;(H2,1,3). The number of nitroso groups, excluding NO2 is 1. The van der Waals surface area contributed by atoms with E-state index >= 15 is 0 Å². The molecule has 0 aliphatic carbocycles. The van der Waals surface area contributed by atoms with Crippen molar-refractivity contribution in [1.82, 2.24) is 0 Å². The van der Waals surface area contributed by atoms with Crippen LogP contribution in [-0.4, -0.2) is 7.13 Å². The molecule has 0 bridgehead atoms. The summed E-state index contributed by atoms with van der Waals surface area (Å²) in [7, 11) is 1.75. The Morgan fingerprint density at radius 3 is 2.75 bits per heavy atom. The second kappa shape index (κ2) is 4.28. The number of nitrogens with two attached hydrogens (primary N) is 1. The van der Waals surface area contributed by atoms with Crippen LogP contribution in [0.4, 0.5) is 0 Å². The number of hydrogen-bond acceptors (Lipinski definition) is 3. The van der Waals surface area contributed by atoms with Gasteiger partial charge in [-0.3, -0.25) is 5.84 Å². The zero-order valence-corrected chi connectivity index (χ0v) is 6.31. The summed E-state index contributed by atoms with van der Waals surface area (Å²) in [4.78, 5) is 8.33. The topological polar surface area (TPSA) is 68.6 Å². The summed E-state index contributed by atoms with van der Waals surface area (Å²) in [5, 5.41) is 4.08. The van der Waals surface area contributed by atoms with Gasteiger partial charge in [0.25, 0.3) is 0 Å². The number of fused-ring (bicyclic) bond motifs is 1. The van der Waals surface area contributed by atoms with Crippen molar-refractivity contribution in [3.05, 3.63) is 35.4 Å². The Morgan fingerprint density at radius 2 is 2.08 bits per heavy atom. The third-order valence-corrected chi connectivity index (χ3v) is 1.39. The molecule has 0 aliphatic rings. The molecule has 0 saturated carbocycles. The molecule has 0 saturated heterocycles. The summed E-state index contributed by atoms with van der Waals surface area (Å²) in [5.41, 5.74) is 0. The minimum absolute atomic E-state index is 1.16. The summed E-state index contributed by atoms with van der Waals surface area (Å²) in [5.74, 6) is 3.92. The van der Waals surface area contributed by atoms with Crippen LogP contribution in [0, 0.1) is 4.91 Å². The van der Waals surface area contributed by atoms with Gasteiger partial charge in [0, 0.05) is 5.29 Å². The van der Waals surface area contributed by atoms with Gasteiger partial charge in [0.15, 0.2) is 0 Å². The van der Waals surface area contributed by atoms with E-state index in [0.717, 1.165) is 10.7 Å². The number of rotatable bonds is 0. The van der Waals surface area contributed by atoms with E-state index in [1.807, 2.05) is 24.3 Å². The van der Waals surface area contributed by atoms with Gasteiger partial charge in [0.2, 0.25) is 0 Å². The van der Waals surface area contributed by atoms with E-state index in [2.05, 4.69) is 5.84 Å². The Labute approximate surface area is 69.6 Å². The number of hydrogen-bond donors (Lipinski definition) is 1. The molecular weight excluding hydrogens is 155 g/mol. The Kier molecular flexibility index (Phi) is 3.01. The Bertz CT molecular complexity index is 331. The average molecular weight is 162 g/mol. The first kappa shape index (κ1) is 8.45. The molecule has 60 valence electrons. The van der Waals surface area contributed by atoms with E-state index in [4.69, 9.17) is 9.24 Å². The predicted molar refractivity (Wildman–Crippen MR) is 47.5 cm³/mol. The normalized spacial score (nSPS) is 8.33. The molecular formula is C7H7BN2O2. The van der Waals surface area contributed by atoms with Crippen LogP contribution >= 0.6 is 0 Å². The first-order valence-electron chi connectivity index (χ1n) is 3.32. The van der Waals surface area contributed by atoms with Gasteiger partial charge >= 0.3 is 52.7 Å². The molecule has 0 radical (unpaired) electrons. The molecule has 0 spiro atoms. The Balaban J connectivity index is 0.000000213. The van der Waals surface area contributed by atoms with E-state index in [-0.39, 0.29) is 0 Å². The Morgan fingerprint density at radius 1 is 1.42 bits per heavy atom. The summed E-state index contributed by atoms with van der Waals surface area (Å²) < 4.78 is 4.96. The zero-order chi connectivity index (χ0) is 8.81. The van der Waals surface area contributed by atoms with Crippen molar-refractivity contribution < 1.29 is 4.33 Å². The van der Waals surface area contributed by atoms with Crippen LogP contribution in [0.3, 0.4) is 0 Å². The summed E-state index contributed by atoms with van der Waals surface area (Å²) in [6, 6.07) is 8.05. The molecule has 2 N–H and O–H groups in total. The monoisotopic (exact) mass is 162 g/mol. The average Bonchev–Trinajstić information content (AvgIpc) is 2.52. The second-order valence-corrected chi connectivity index (χ2v) is 2.11. The first-order chi connectivity index (χ1) is 5.88. The van der Waals surface area contributed by atoms with Crippen molar-refractivity contribution in [3.63, 3.8) is 0 Å². The van der Waals surface area contributed by atoms with Crippen LogP contribution in [0.25, 0.3) is 10.7 Å². The van der Waals surface area contributed by atoms with Gasteiger partial charge in [-0.05, 0) is 0 Å². The van der Waals surface area contributed by atoms with Gasteiger partial charge in [0.05, 0.1) is 0 Å². The van der Waals surface area contributed by atoms with Gasteiger partial charge in [-0.1, -0.05) is 0 Å². The van der Waals surface area contributed by atoms with E-state index in [1.165, 1.54) is 0 Å². The van der Waals surface area contributed by atoms with Gasteiger partial charge in [-0.25, -0.2) is 0 Å². The molecule has 0 unspecified atom stereocenters. The summed E-state index contributed by atoms with van der Waals surface area (Å²) in [6.45, 7) is 0. The van der Waals surface area contributed by atoms with Crippen LogP contribution in [0.2, 0.25) is 0 Å². The van der Waals surface area contributed by atoms with Crippen LogP contribution in [0.15, 0.2) is 40.1 Å². The van der Waals surface area contributed by atoms with E-state index < -0.39 is 0 Å². The fraction of sp³-hybridized carbons (Fsp3) is 0. The third-order valence-electron chi connectivity index (χ3n) is 1.39. The van der Waals surface area contributed by atoms with Crippen molar-refractivity contribution in [2.45, 2.75) is 0 Å². The first-order valence-corrected chi connectivity index (χ1v) is 3.32. The van der Waals surface area contributed by atoms with Crippen LogP contribution in [0.5, 0.6) is 0 Å². The summed E-state index contributed by atoms with van der Waals surface area (Å²) >= 11 is 0. The molecule has 1 aromatic carbocycles. The van der Waals surface area contributed by atoms with Gasteiger partial charge < -0.3 is 0 Å². The number of nitrogens with zero attached hydrogens (tertiary/aromatic N) is 1. The number of benzene rings is 1. The van der Waals surface area contributed by atoms with Gasteiger partial charge in [-0.2, -0.15) is 0 Å². The fourth-order valence-electron chi connectivity index (χ4n) is 0.906. The van der Waals surface area contributed by atoms with Gasteiger partial charge in [-0.15, -0.1) is 4.91 Å². The summed E-state index contributed by atoms with van der Waals surface area (Å²) in [6.07, 6.45) is 1.75. The third kappa shape index (κ3) is 1.92. The minimum atomic E-state index is 1.16. The molecule has 0 atom stereocenters. The molecule has 1 aromatic heterocycles. The zero-order valence-electron chi connectivity index (χ0n) is 6.31. The van der Waals surface area contributed by atoms with Crippen molar-refractivity contribution in [2.24, 2.45) is 11.1 Å².